The fourth-order valence-corrected chi connectivity index (χ4v) is 2.89. The van der Waals surface area contributed by atoms with Crippen LogP contribution in [0.25, 0.3) is 0 Å². The first kappa shape index (κ1) is 15.5. The van der Waals surface area contributed by atoms with Crippen LogP contribution in [0, 0.1) is 0 Å². The number of rotatable bonds is 5. The Balaban J connectivity index is 2.24. The van der Waals surface area contributed by atoms with E-state index in [9.17, 15) is 0 Å². The molecule has 0 aliphatic carbocycles. The van der Waals surface area contributed by atoms with Crippen molar-refractivity contribution in [2.24, 2.45) is 5.73 Å². The van der Waals surface area contributed by atoms with Gasteiger partial charge >= 0.3 is 0 Å². The summed E-state index contributed by atoms with van der Waals surface area (Å²) >= 11 is 6.91. The van der Waals surface area contributed by atoms with E-state index in [4.69, 9.17) is 10.5 Å². The first-order valence-corrected chi connectivity index (χ1v) is 8.01. The van der Waals surface area contributed by atoms with Crippen LogP contribution >= 0.6 is 31.9 Å². The molecule has 2 N–H and O–H groups in total. The lowest BCUT2D eigenvalue weighted by Gasteiger charge is -2.13. The highest BCUT2D eigenvalue weighted by atomic mass is 79.9. The van der Waals surface area contributed by atoms with E-state index in [1.165, 1.54) is 0 Å². The van der Waals surface area contributed by atoms with Crippen molar-refractivity contribution < 1.29 is 4.74 Å². The lowest BCUT2D eigenvalue weighted by atomic mass is 10.1. The number of aromatic nitrogens is 1. The normalized spacial score (nSPS) is 12.2. The van der Waals surface area contributed by atoms with E-state index >= 15 is 0 Å². The number of ether oxygens (including phenoxy) is 1. The molecule has 1 atom stereocenters. The summed E-state index contributed by atoms with van der Waals surface area (Å²) in [4.78, 5) is 4.31. The van der Waals surface area contributed by atoms with E-state index in [0.717, 1.165) is 33.1 Å². The number of benzene rings is 1. The van der Waals surface area contributed by atoms with Gasteiger partial charge in [-0.05, 0) is 53.0 Å². The Morgan fingerprint density at radius 1 is 1.30 bits per heavy atom. The third-order valence-corrected chi connectivity index (χ3v) is 4.07. The molecule has 1 heterocycles. The van der Waals surface area contributed by atoms with Crippen molar-refractivity contribution in [1.29, 1.82) is 0 Å². The molecule has 0 saturated carbocycles. The van der Waals surface area contributed by atoms with Crippen LogP contribution in [-0.2, 0) is 6.42 Å². The molecular formula is C15H16Br2N2O. The van der Waals surface area contributed by atoms with E-state index < -0.39 is 0 Å². The van der Waals surface area contributed by atoms with Crippen LogP contribution in [0.4, 0.5) is 0 Å². The van der Waals surface area contributed by atoms with E-state index in [0.29, 0.717) is 5.88 Å². The van der Waals surface area contributed by atoms with Crippen molar-refractivity contribution in [1.82, 2.24) is 4.98 Å². The van der Waals surface area contributed by atoms with Crippen molar-refractivity contribution >= 4 is 31.9 Å². The van der Waals surface area contributed by atoms with Crippen LogP contribution in [0.3, 0.4) is 0 Å². The Kier molecular flexibility index (Phi) is 5.57. The van der Waals surface area contributed by atoms with Crippen molar-refractivity contribution in [3.05, 3.63) is 51.0 Å². The molecule has 3 nitrogen and oxygen atoms in total. The van der Waals surface area contributed by atoms with Gasteiger partial charge in [0.05, 0.1) is 4.47 Å². The van der Waals surface area contributed by atoms with Gasteiger partial charge in [-0.15, -0.1) is 0 Å². The minimum absolute atomic E-state index is 0.120. The van der Waals surface area contributed by atoms with E-state index in [1.54, 1.807) is 6.20 Å². The summed E-state index contributed by atoms with van der Waals surface area (Å²) in [5.41, 5.74) is 7.04. The molecule has 0 aliphatic heterocycles. The molecule has 20 heavy (non-hydrogen) atoms. The number of nitrogens with two attached hydrogens (primary N) is 1. The molecular weight excluding hydrogens is 384 g/mol. The van der Waals surface area contributed by atoms with Crippen LogP contribution < -0.4 is 10.5 Å². The molecule has 0 fully saturated rings. The predicted molar refractivity (Wildman–Crippen MR) is 88.1 cm³/mol. The zero-order valence-corrected chi connectivity index (χ0v) is 14.3. The minimum atomic E-state index is 0.120. The summed E-state index contributed by atoms with van der Waals surface area (Å²) in [5.74, 6) is 1.35. The van der Waals surface area contributed by atoms with Crippen LogP contribution in [0.15, 0.2) is 45.5 Å². The average molecular weight is 400 g/mol. The van der Waals surface area contributed by atoms with Gasteiger partial charge in [0.2, 0.25) is 5.88 Å². The van der Waals surface area contributed by atoms with Gasteiger partial charge in [-0.1, -0.05) is 28.9 Å². The highest BCUT2D eigenvalue weighted by Crippen LogP contribution is 2.32. The molecule has 5 heteroatoms. The zero-order chi connectivity index (χ0) is 14.5. The van der Waals surface area contributed by atoms with Crippen LogP contribution in [0.1, 0.15) is 18.9 Å². The maximum atomic E-state index is 6.02. The number of halogens is 2. The molecule has 1 aromatic heterocycles. The van der Waals surface area contributed by atoms with Gasteiger partial charge < -0.3 is 10.5 Å². The maximum Gasteiger partial charge on any atom is 0.222 e. The number of hydrogen-bond acceptors (Lipinski definition) is 3. The Labute approximate surface area is 135 Å². The lowest BCUT2D eigenvalue weighted by molar-refractivity contribution is 0.449. The predicted octanol–water partition coefficient (Wildman–Crippen LogP) is 4.68. The third-order valence-electron chi connectivity index (χ3n) is 2.96. The molecule has 0 radical (unpaired) electrons. The average Bonchev–Trinajstić information content (AvgIpc) is 2.43. The summed E-state index contributed by atoms with van der Waals surface area (Å²) in [5, 5.41) is 0. The standard InChI is InChI=1S/C15H16Br2N2O/c1-2-12(18)8-10-4-3-7-19-15(10)20-14-6-5-11(16)9-13(14)17/h3-7,9,12H,2,8,18H2,1H3. The van der Waals surface area contributed by atoms with Gasteiger partial charge in [0.1, 0.15) is 5.75 Å². The van der Waals surface area contributed by atoms with Crippen molar-refractivity contribution in [2.45, 2.75) is 25.8 Å². The molecule has 0 saturated heterocycles. The monoisotopic (exact) mass is 398 g/mol. The summed E-state index contributed by atoms with van der Waals surface area (Å²) in [6.07, 6.45) is 3.41. The summed E-state index contributed by atoms with van der Waals surface area (Å²) in [6.45, 7) is 2.08. The smallest absolute Gasteiger partial charge is 0.222 e. The van der Waals surface area contributed by atoms with Gasteiger partial charge in [0.15, 0.2) is 0 Å². The zero-order valence-electron chi connectivity index (χ0n) is 11.1. The summed E-state index contributed by atoms with van der Waals surface area (Å²) < 4.78 is 7.78. The molecule has 0 bridgehead atoms. The van der Waals surface area contributed by atoms with Crippen molar-refractivity contribution in [2.75, 3.05) is 0 Å². The highest BCUT2D eigenvalue weighted by molar-refractivity contribution is 9.11. The Morgan fingerprint density at radius 3 is 2.80 bits per heavy atom. The fourth-order valence-electron chi connectivity index (χ4n) is 1.76. The molecule has 1 aromatic carbocycles. The SMILES string of the molecule is CCC(N)Cc1cccnc1Oc1ccc(Br)cc1Br. The van der Waals surface area contributed by atoms with Gasteiger partial charge in [-0.25, -0.2) is 4.98 Å². The van der Waals surface area contributed by atoms with Gasteiger partial charge in [0, 0.05) is 22.3 Å². The Hall–Kier alpha value is -0.910. The number of pyridine rings is 1. The molecule has 2 rings (SSSR count). The molecule has 1 unspecified atom stereocenters. The highest BCUT2D eigenvalue weighted by Gasteiger charge is 2.11. The first-order chi connectivity index (χ1) is 9.60. The van der Waals surface area contributed by atoms with Crippen molar-refractivity contribution in [3.63, 3.8) is 0 Å². The lowest BCUT2D eigenvalue weighted by Crippen LogP contribution is -2.21. The maximum absolute atomic E-state index is 6.02. The topological polar surface area (TPSA) is 48.1 Å². The quantitative estimate of drug-likeness (QED) is 0.793. The van der Waals surface area contributed by atoms with Gasteiger partial charge in [-0.3, -0.25) is 0 Å². The van der Waals surface area contributed by atoms with Crippen LogP contribution in [0.5, 0.6) is 11.6 Å². The second-order valence-electron chi connectivity index (χ2n) is 4.52. The number of hydrogen-bond donors (Lipinski definition) is 1. The van der Waals surface area contributed by atoms with Crippen LogP contribution in [-0.4, -0.2) is 11.0 Å². The first-order valence-electron chi connectivity index (χ1n) is 6.42. The third kappa shape index (κ3) is 4.04. The molecule has 0 spiro atoms. The largest absolute Gasteiger partial charge is 0.438 e. The van der Waals surface area contributed by atoms with Crippen molar-refractivity contribution in [3.8, 4) is 11.6 Å². The second kappa shape index (κ2) is 7.20. The van der Waals surface area contributed by atoms with Crippen LogP contribution in [0.2, 0.25) is 0 Å². The fraction of sp³-hybridized carbons (Fsp3) is 0.267. The second-order valence-corrected chi connectivity index (χ2v) is 6.29. The molecule has 0 aliphatic rings. The Bertz CT molecular complexity index is 590. The van der Waals surface area contributed by atoms with Gasteiger partial charge in [-0.2, -0.15) is 0 Å². The van der Waals surface area contributed by atoms with E-state index in [1.807, 2.05) is 30.3 Å². The van der Waals surface area contributed by atoms with E-state index in [-0.39, 0.29) is 6.04 Å². The minimum Gasteiger partial charge on any atom is -0.438 e. The molecule has 106 valence electrons. The molecule has 0 amide bonds. The van der Waals surface area contributed by atoms with Gasteiger partial charge in [0.25, 0.3) is 0 Å². The number of nitrogens with zero attached hydrogens (tertiary/aromatic N) is 1. The Morgan fingerprint density at radius 2 is 2.10 bits per heavy atom. The summed E-state index contributed by atoms with van der Waals surface area (Å²) in [6, 6.07) is 9.80. The summed E-state index contributed by atoms with van der Waals surface area (Å²) in [7, 11) is 0. The molecule has 2 aromatic rings. The van der Waals surface area contributed by atoms with E-state index in [2.05, 4.69) is 43.8 Å².